The van der Waals surface area contributed by atoms with Gasteiger partial charge in [-0.25, -0.2) is 13.4 Å². The van der Waals surface area contributed by atoms with E-state index in [2.05, 4.69) is 18.8 Å². The Morgan fingerprint density at radius 1 is 1.26 bits per heavy atom. The Kier molecular flexibility index (Phi) is 7.42. The number of hydrogen-bond acceptors (Lipinski definition) is 4. The first kappa shape index (κ1) is 21.9. The van der Waals surface area contributed by atoms with Crippen molar-refractivity contribution < 1.29 is 13.2 Å². The van der Waals surface area contributed by atoms with Gasteiger partial charge in [-0.05, 0) is 37.3 Å². The largest absolute Gasteiger partial charge is 0.381 e. The number of aromatic nitrogens is 2. The van der Waals surface area contributed by atoms with E-state index in [1.165, 1.54) is 0 Å². The van der Waals surface area contributed by atoms with Gasteiger partial charge in [-0.2, -0.15) is 4.31 Å². The zero-order valence-electron chi connectivity index (χ0n) is 17.4. The van der Waals surface area contributed by atoms with Crippen LogP contribution in [0, 0.1) is 0 Å². The fourth-order valence-electron chi connectivity index (χ4n) is 3.56. The topological polar surface area (TPSA) is 64.4 Å². The van der Waals surface area contributed by atoms with Crippen LogP contribution >= 0.6 is 0 Å². The number of sulfonamides is 1. The number of piperidine rings is 1. The molecule has 1 aromatic carbocycles. The van der Waals surface area contributed by atoms with E-state index in [1.807, 2.05) is 31.5 Å². The molecule has 27 heavy (non-hydrogen) atoms. The number of hydrogen-bond donors (Lipinski definition) is 0. The average molecular weight is 396 g/mol. The number of ether oxygens (including phenoxy) is 1. The average Bonchev–Trinajstić information content (AvgIpc) is 3.09. The van der Waals surface area contributed by atoms with Gasteiger partial charge in [0.25, 0.3) is 0 Å². The molecular formula is C20H33N3O3S. The Labute approximate surface area is 163 Å². The van der Waals surface area contributed by atoms with E-state index in [9.17, 15) is 8.42 Å². The number of benzene rings is 1. The van der Waals surface area contributed by atoms with Gasteiger partial charge < -0.3 is 9.30 Å². The molecule has 1 aromatic heterocycles. The van der Waals surface area contributed by atoms with Crippen molar-refractivity contribution >= 4 is 21.1 Å². The van der Waals surface area contributed by atoms with Crippen LogP contribution < -0.4 is 0 Å². The standard InChI is InChI=1S/C18H27N3O3S.C2H6/c1-5-13(2)17-16(7-6-15-18(17)19-12-20(15)3)25(22,23)21-10-8-14(24-4)9-11-21;1-2/h6-7,12-14H,5,8-11H2,1-4H3;1-2H3. The van der Waals surface area contributed by atoms with E-state index in [-0.39, 0.29) is 12.0 Å². The second-order valence-corrected chi connectivity index (χ2v) is 8.76. The second kappa shape index (κ2) is 9.17. The molecule has 0 N–H and O–H groups in total. The monoisotopic (exact) mass is 395 g/mol. The maximum Gasteiger partial charge on any atom is 0.243 e. The van der Waals surface area contributed by atoms with E-state index in [0.29, 0.717) is 18.0 Å². The van der Waals surface area contributed by atoms with Gasteiger partial charge in [0.15, 0.2) is 0 Å². The maximum absolute atomic E-state index is 13.3. The molecule has 0 spiro atoms. The van der Waals surface area contributed by atoms with Gasteiger partial charge in [-0.1, -0.05) is 27.7 Å². The number of imidazole rings is 1. The number of rotatable bonds is 5. The lowest BCUT2D eigenvalue weighted by atomic mass is 9.97. The summed E-state index contributed by atoms with van der Waals surface area (Å²) in [4.78, 5) is 4.90. The molecule has 1 atom stereocenters. The Bertz CT molecular complexity index is 853. The molecule has 1 fully saturated rings. The van der Waals surface area contributed by atoms with Gasteiger partial charge in [0.1, 0.15) is 0 Å². The van der Waals surface area contributed by atoms with Gasteiger partial charge in [0.2, 0.25) is 10.0 Å². The van der Waals surface area contributed by atoms with Crippen molar-refractivity contribution in [3.63, 3.8) is 0 Å². The summed E-state index contributed by atoms with van der Waals surface area (Å²) in [6.07, 6.45) is 4.24. The Hall–Kier alpha value is -1.44. The van der Waals surface area contributed by atoms with Crippen molar-refractivity contribution in [1.29, 1.82) is 0 Å². The molecule has 1 aliphatic rings. The zero-order chi connectivity index (χ0) is 20.2. The fourth-order valence-corrected chi connectivity index (χ4v) is 5.34. The van der Waals surface area contributed by atoms with Crippen LogP contribution in [0.2, 0.25) is 0 Å². The first-order valence-electron chi connectivity index (χ1n) is 9.87. The highest BCUT2D eigenvalue weighted by atomic mass is 32.2. The van der Waals surface area contributed by atoms with Gasteiger partial charge in [-0.3, -0.25) is 0 Å². The molecule has 152 valence electrons. The van der Waals surface area contributed by atoms with Crippen LogP contribution in [0.15, 0.2) is 23.4 Å². The molecule has 0 amide bonds. The number of methoxy groups -OCH3 is 1. The smallest absolute Gasteiger partial charge is 0.243 e. The van der Waals surface area contributed by atoms with Gasteiger partial charge in [0, 0.05) is 32.8 Å². The summed E-state index contributed by atoms with van der Waals surface area (Å²) >= 11 is 0. The molecular weight excluding hydrogens is 362 g/mol. The van der Waals surface area contributed by atoms with Crippen molar-refractivity contribution in [3.8, 4) is 0 Å². The number of nitrogens with zero attached hydrogens (tertiary/aromatic N) is 3. The summed E-state index contributed by atoms with van der Waals surface area (Å²) in [6.45, 7) is 9.15. The van der Waals surface area contributed by atoms with Crippen LogP contribution in [0.25, 0.3) is 11.0 Å². The molecule has 1 aliphatic heterocycles. The fraction of sp³-hybridized carbons (Fsp3) is 0.650. The van der Waals surface area contributed by atoms with E-state index >= 15 is 0 Å². The van der Waals surface area contributed by atoms with Crippen molar-refractivity contribution in [2.24, 2.45) is 7.05 Å². The van der Waals surface area contributed by atoms with Gasteiger partial charge >= 0.3 is 0 Å². The van der Waals surface area contributed by atoms with Gasteiger partial charge in [-0.15, -0.1) is 0 Å². The predicted octanol–water partition coefficient (Wildman–Crippen LogP) is 3.91. The highest BCUT2D eigenvalue weighted by Gasteiger charge is 2.33. The van der Waals surface area contributed by atoms with Crippen LogP contribution in [-0.2, 0) is 21.8 Å². The third-order valence-corrected chi connectivity index (χ3v) is 7.31. The quantitative estimate of drug-likeness (QED) is 0.770. The number of aryl methyl sites for hydroxylation is 1. The van der Waals surface area contributed by atoms with Gasteiger partial charge in [0.05, 0.1) is 28.4 Å². The first-order valence-corrected chi connectivity index (χ1v) is 11.3. The number of fused-ring (bicyclic) bond motifs is 1. The summed E-state index contributed by atoms with van der Waals surface area (Å²) < 4.78 is 35.5. The highest BCUT2D eigenvalue weighted by Crippen LogP contribution is 2.35. The van der Waals surface area contributed by atoms with Crippen LogP contribution in [0.5, 0.6) is 0 Å². The summed E-state index contributed by atoms with van der Waals surface area (Å²) in [5.41, 5.74) is 2.60. The van der Waals surface area contributed by atoms with E-state index < -0.39 is 10.0 Å². The Morgan fingerprint density at radius 2 is 1.89 bits per heavy atom. The van der Waals surface area contributed by atoms with Crippen molar-refractivity contribution in [2.75, 3.05) is 20.2 Å². The van der Waals surface area contributed by atoms with Crippen LogP contribution in [0.4, 0.5) is 0 Å². The first-order chi connectivity index (χ1) is 12.9. The van der Waals surface area contributed by atoms with Crippen molar-refractivity contribution in [1.82, 2.24) is 13.9 Å². The maximum atomic E-state index is 13.3. The van der Waals surface area contributed by atoms with E-state index in [4.69, 9.17) is 4.74 Å². The highest BCUT2D eigenvalue weighted by molar-refractivity contribution is 7.89. The molecule has 7 heteroatoms. The molecule has 0 saturated carbocycles. The third-order valence-electron chi connectivity index (χ3n) is 5.35. The van der Waals surface area contributed by atoms with Crippen LogP contribution in [-0.4, -0.2) is 48.6 Å². The van der Waals surface area contributed by atoms with E-state index in [0.717, 1.165) is 35.9 Å². The normalized spacial score (nSPS) is 17.6. The minimum absolute atomic E-state index is 0.125. The molecule has 0 bridgehead atoms. The predicted molar refractivity (Wildman–Crippen MR) is 110 cm³/mol. The molecule has 2 heterocycles. The van der Waals surface area contributed by atoms with Crippen molar-refractivity contribution in [3.05, 3.63) is 24.0 Å². The third kappa shape index (κ3) is 4.20. The van der Waals surface area contributed by atoms with Crippen LogP contribution in [0.1, 0.15) is 58.4 Å². The minimum atomic E-state index is -3.53. The SMILES string of the molecule is CC.CCC(C)c1c(S(=O)(=O)N2CCC(OC)CC2)ccc2c1ncn2C. The molecule has 0 radical (unpaired) electrons. The molecule has 2 aromatic rings. The summed E-state index contributed by atoms with van der Waals surface area (Å²) in [5.74, 6) is 0.125. The molecule has 0 aliphatic carbocycles. The zero-order valence-corrected chi connectivity index (χ0v) is 18.2. The molecule has 3 rings (SSSR count). The Morgan fingerprint density at radius 3 is 2.44 bits per heavy atom. The summed E-state index contributed by atoms with van der Waals surface area (Å²) in [5, 5.41) is 0. The summed E-state index contributed by atoms with van der Waals surface area (Å²) in [7, 11) is 0.0822. The van der Waals surface area contributed by atoms with E-state index in [1.54, 1.807) is 23.8 Å². The lowest BCUT2D eigenvalue weighted by Crippen LogP contribution is -2.40. The van der Waals surface area contributed by atoms with Crippen LogP contribution in [0.3, 0.4) is 0 Å². The minimum Gasteiger partial charge on any atom is -0.381 e. The second-order valence-electron chi connectivity index (χ2n) is 6.85. The summed E-state index contributed by atoms with van der Waals surface area (Å²) in [6, 6.07) is 3.62. The molecule has 1 saturated heterocycles. The molecule has 6 nitrogen and oxygen atoms in total. The lowest BCUT2D eigenvalue weighted by molar-refractivity contribution is 0.0604. The lowest BCUT2D eigenvalue weighted by Gasteiger charge is -2.31. The van der Waals surface area contributed by atoms with Crippen molar-refractivity contribution in [2.45, 2.75) is 63.9 Å². The molecule has 1 unspecified atom stereocenters. The Balaban J connectivity index is 0.00000126.